The molecule has 0 aromatic carbocycles. The number of anilines is 1. The van der Waals surface area contributed by atoms with Gasteiger partial charge in [-0.2, -0.15) is 4.98 Å². The highest BCUT2D eigenvalue weighted by Gasteiger charge is 2.26. The molecular weight excluding hydrogens is 282 g/mol. The molecule has 0 aliphatic carbocycles. The van der Waals surface area contributed by atoms with E-state index < -0.39 is 4.92 Å². The van der Waals surface area contributed by atoms with Crippen LogP contribution in [0.4, 0.5) is 11.5 Å². The molecule has 2 rings (SSSR count). The fourth-order valence-corrected chi connectivity index (χ4v) is 2.46. The van der Waals surface area contributed by atoms with E-state index in [4.69, 9.17) is 4.74 Å². The molecule has 0 aliphatic rings. The van der Waals surface area contributed by atoms with Crippen LogP contribution in [0.25, 0.3) is 0 Å². The Morgan fingerprint density at radius 1 is 1.50 bits per heavy atom. The molecule has 0 saturated heterocycles. The number of nitrogens with zero attached hydrogens (tertiary/aromatic N) is 4. The number of ether oxygens (including phenoxy) is 1. The van der Waals surface area contributed by atoms with Crippen LogP contribution in [0.2, 0.25) is 0 Å². The molecule has 20 heavy (non-hydrogen) atoms. The second-order valence-electron chi connectivity index (χ2n) is 3.81. The van der Waals surface area contributed by atoms with Gasteiger partial charge in [0.15, 0.2) is 0 Å². The normalized spacial score (nSPS) is 11.9. The molecule has 0 aliphatic heterocycles. The first-order chi connectivity index (χ1) is 9.67. The van der Waals surface area contributed by atoms with Gasteiger partial charge in [0.05, 0.1) is 18.1 Å². The van der Waals surface area contributed by atoms with Gasteiger partial charge in [-0.1, -0.05) is 6.92 Å². The van der Waals surface area contributed by atoms with Crippen molar-refractivity contribution in [3.05, 3.63) is 33.0 Å². The summed E-state index contributed by atoms with van der Waals surface area (Å²) in [6.45, 7) is 1.96. The van der Waals surface area contributed by atoms with Gasteiger partial charge < -0.3 is 10.1 Å². The number of methoxy groups -OCH3 is 1. The van der Waals surface area contributed by atoms with Crippen molar-refractivity contribution in [2.75, 3.05) is 12.4 Å². The van der Waals surface area contributed by atoms with E-state index >= 15 is 0 Å². The van der Waals surface area contributed by atoms with E-state index in [2.05, 4.69) is 20.3 Å². The topological polar surface area (TPSA) is 103 Å². The van der Waals surface area contributed by atoms with Crippen molar-refractivity contribution in [1.82, 2.24) is 15.0 Å². The Balaban J connectivity index is 2.35. The van der Waals surface area contributed by atoms with Crippen LogP contribution < -0.4 is 10.1 Å². The average molecular weight is 295 g/mol. The number of thiazole rings is 1. The Bertz CT molecular complexity index is 590. The molecule has 0 bridgehead atoms. The van der Waals surface area contributed by atoms with Crippen LogP contribution in [0.3, 0.4) is 0 Å². The lowest BCUT2D eigenvalue weighted by Gasteiger charge is -2.15. The molecule has 1 atom stereocenters. The standard InChI is InChI=1S/C11H13N5O3S/c1-3-7(11-12-4-5-20-11)15-9-8(16(17)18)10(19-2)14-6-13-9/h4-7H,3H2,1-2H3,(H,13,14,15). The van der Waals surface area contributed by atoms with Gasteiger partial charge >= 0.3 is 5.69 Å². The quantitative estimate of drug-likeness (QED) is 0.644. The Morgan fingerprint density at radius 2 is 2.30 bits per heavy atom. The molecule has 0 fully saturated rings. The maximum Gasteiger partial charge on any atom is 0.372 e. The van der Waals surface area contributed by atoms with E-state index in [0.717, 1.165) is 11.4 Å². The summed E-state index contributed by atoms with van der Waals surface area (Å²) in [5, 5.41) is 16.9. The molecule has 0 amide bonds. The second-order valence-corrected chi connectivity index (χ2v) is 4.74. The summed E-state index contributed by atoms with van der Waals surface area (Å²) >= 11 is 1.48. The van der Waals surface area contributed by atoms with Crippen molar-refractivity contribution < 1.29 is 9.66 Å². The monoisotopic (exact) mass is 295 g/mol. The van der Waals surface area contributed by atoms with Crippen molar-refractivity contribution in [2.24, 2.45) is 0 Å². The van der Waals surface area contributed by atoms with Crippen molar-refractivity contribution in [1.29, 1.82) is 0 Å². The third-order valence-electron chi connectivity index (χ3n) is 2.63. The highest BCUT2D eigenvalue weighted by Crippen LogP contribution is 2.33. The molecule has 0 saturated carbocycles. The van der Waals surface area contributed by atoms with Gasteiger partial charge in [0.1, 0.15) is 11.3 Å². The zero-order valence-electron chi connectivity index (χ0n) is 10.9. The number of aromatic nitrogens is 3. The predicted octanol–water partition coefficient (Wildman–Crippen LogP) is 2.41. The van der Waals surface area contributed by atoms with E-state index in [1.54, 1.807) is 6.20 Å². The maximum atomic E-state index is 11.2. The zero-order valence-corrected chi connectivity index (χ0v) is 11.8. The fourth-order valence-electron chi connectivity index (χ4n) is 1.69. The van der Waals surface area contributed by atoms with E-state index in [9.17, 15) is 10.1 Å². The van der Waals surface area contributed by atoms with Gasteiger partial charge in [-0.3, -0.25) is 10.1 Å². The van der Waals surface area contributed by atoms with Crippen molar-refractivity contribution >= 4 is 22.8 Å². The Hall–Kier alpha value is -2.29. The molecule has 2 aromatic rings. The lowest BCUT2D eigenvalue weighted by Crippen LogP contribution is -2.13. The average Bonchev–Trinajstić information content (AvgIpc) is 2.97. The minimum atomic E-state index is -0.560. The first-order valence-electron chi connectivity index (χ1n) is 5.86. The van der Waals surface area contributed by atoms with Crippen LogP contribution in [-0.4, -0.2) is 27.0 Å². The number of rotatable bonds is 6. The Kier molecular flexibility index (Phi) is 4.41. The summed E-state index contributed by atoms with van der Waals surface area (Å²) < 4.78 is 4.91. The van der Waals surface area contributed by atoms with Crippen LogP contribution in [0.5, 0.6) is 5.88 Å². The number of nitrogens with one attached hydrogen (secondary N) is 1. The van der Waals surface area contributed by atoms with E-state index in [-0.39, 0.29) is 23.4 Å². The van der Waals surface area contributed by atoms with Gasteiger partial charge in [0, 0.05) is 11.6 Å². The predicted molar refractivity (Wildman–Crippen MR) is 74.0 cm³/mol. The highest BCUT2D eigenvalue weighted by atomic mass is 32.1. The summed E-state index contributed by atoms with van der Waals surface area (Å²) in [4.78, 5) is 22.5. The molecule has 9 heteroatoms. The lowest BCUT2D eigenvalue weighted by atomic mass is 10.2. The van der Waals surface area contributed by atoms with Crippen LogP contribution in [0.15, 0.2) is 17.9 Å². The van der Waals surface area contributed by atoms with E-state index in [0.29, 0.717) is 0 Å². The first-order valence-corrected chi connectivity index (χ1v) is 6.74. The number of hydrogen-bond donors (Lipinski definition) is 1. The number of hydrogen-bond acceptors (Lipinski definition) is 8. The van der Waals surface area contributed by atoms with E-state index in [1.165, 1.54) is 24.8 Å². The molecule has 0 spiro atoms. The summed E-state index contributed by atoms with van der Waals surface area (Å²) in [7, 11) is 1.33. The third-order valence-corrected chi connectivity index (χ3v) is 3.52. The SMILES string of the molecule is CCC(Nc1ncnc(OC)c1[N+](=O)[O-])c1nccs1. The van der Waals surface area contributed by atoms with Crippen LogP contribution in [-0.2, 0) is 0 Å². The summed E-state index contributed by atoms with van der Waals surface area (Å²) in [6.07, 6.45) is 3.64. The van der Waals surface area contributed by atoms with Crippen molar-refractivity contribution in [3.63, 3.8) is 0 Å². The van der Waals surface area contributed by atoms with Crippen molar-refractivity contribution in [3.8, 4) is 5.88 Å². The smallest absolute Gasteiger partial charge is 0.372 e. The molecular formula is C11H13N5O3S. The molecule has 1 unspecified atom stereocenters. The molecule has 106 valence electrons. The summed E-state index contributed by atoms with van der Waals surface area (Å²) in [6, 6.07) is -0.145. The first kappa shape index (κ1) is 14.1. The van der Waals surface area contributed by atoms with E-state index in [1.807, 2.05) is 12.3 Å². The summed E-state index contributed by atoms with van der Waals surface area (Å²) in [5.41, 5.74) is -0.273. The highest BCUT2D eigenvalue weighted by molar-refractivity contribution is 7.09. The Morgan fingerprint density at radius 3 is 2.85 bits per heavy atom. The van der Waals surface area contributed by atoms with Crippen LogP contribution in [0, 0.1) is 10.1 Å². The number of nitro groups is 1. The molecule has 8 nitrogen and oxygen atoms in total. The largest absolute Gasteiger partial charge is 0.476 e. The van der Waals surface area contributed by atoms with Gasteiger partial charge in [-0.05, 0) is 6.42 Å². The maximum absolute atomic E-state index is 11.2. The lowest BCUT2D eigenvalue weighted by molar-refractivity contribution is -0.385. The molecule has 1 N–H and O–H groups in total. The molecule has 2 heterocycles. The van der Waals surface area contributed by atoms with Gasteiger partial charge in [0.2, 0.25) is 5.82 Å². The molecule has 2 aromatic heterocycles. The second kappa shape index (κ2) is 6.24. The minimum Gasteiger partial charge on any atom is -0.476 e. The van der Waals surface area contributed by atoms with Crippen LogP contribution >= 0.6 is 11.3 Å². The summed E-state index contributed by atoms with van der Waals surface area (Å²) in [5.74, 6) is 0.0605. The fraction of sp³-hybridized carbons (Fsp3) is 0.364. The van der Waals surface area contributed by atoms with Gasteiger partial charge in [-0.15, -0.1) is 11.3 Å². The molecule has 0 radical (unpaired) electrons. The zero-order chi connectivity index (χ0) is 14.5. The minimum absolute atomic E-state index is 0.0681. The Labute approximate surface area is 119 Å². The van der Waals surface area contributed by atoms with Gasteiger partial charge in [0.25, 0.3) is 5.88 Å². The van der Waals surface area contributed by atoms with Gasteiger partial charge in [-0.25, -0.2) is 9.97 Å². The third kappa shape index (κ3) is 2.82. The van der Waals surface area contributed by atoms with Crippen molar-refractivity contribution in [2.45, 2.75) is 19.4 Å². The van der Waals surface area contributed by atoms with Crippen LogP contribution in [0.1, 0.15) is 24.4 Å².